The van der Waals surface area contributed by atoms with Gasteiger partial charge in [0.2, 0.25) is 0 Å². The lowest BCUT2D eigenvalue weighted by Gasteiger charge is -2.13. The van der Waals surface area contributed by atoms with Crippen molar-refractivity contribution < 1.29 is 8.42 Å². The maximum absolute atomic E-state index is 12.3. The van der Waals surface area contributed by atoms with Gasteiger partial charge in [0, 0.05) is 23.9 Å². The average Bonchev–Trinajstić information content (AvgIpc) is 3.18. The van der Waals surface area contributed by atoms with Crippen molar-refractivity contribution in [2.45, 2.75) is 31.1 Å². The van der Waals surface area contributed by atoms with Crippen LogP contribution >= 0.6 is 35.3 Å². The van der Waals surface area contributed by atoms with Crippen molar-refractivity contribution in [1.82, 2.24) is 10.6 Å². The number of benzene rings is 1. The van der Waals surface area contributed by atoms with Crippen LogP contribution in [0, 0.1) is 0 Å². The highest BCUT2D eigenvalue weighted by Gasteiger charge is 2.13. The molecule has 1 unspecified atom stereocenters. The van der Waals surface area contributed by atoms with E-state index in [0.29, 0.717) is 30.3 Å². The van der Waals surface area contributed by atoms with Gasteiger partial charge in [0.1, 0.15) is 0 Å². The lowest BCUT2D eigenvalue weighted by atomic mass is 10.1. The lowest BCUT2D eigenvalue weighted by molar-refractivity contribution is 0.592. The molecule has 0 aliphatic rings. The molecular formula is C19H28IN3O2S2. The number of sulfone groups is 1. The summed E-state index contributed by atoms with van der Waals surface area (Å²) in [4.78, 5) is 6.31. The smallest absolute Gasteiger partial charge is 0.191 e. The van der Waals surface area contributed by atoms with Crippen LogP contribution in [0.5, 0.6) is 0 Å². The van der Waals surface area contributed by atoms with Crippen molar-refractivity contribution in [3.8, 4) is 0 Å². The van der Waals surface area contributed by atoms with E-state index in [1.165, 1.54) is 4.88 Å². The quantitative estimate of drug-likeness (QED) is 0.228. The minimum absolute atomic E-state index is 0. The topological polar surface area (TPSA) is 70.6 Å². The number of hydrogen-bond donors (Lipinski definition) is 2. The summed E-state index contributed by atoms with van der Waals surface area (Å²) >= 11 is 1.74. The van der Waals surface area contributed by atoms with Crippen LogP contribution in [0.25, 0.3) is 0 Å². The van der Waals surface area contributed by atoms with Gasteiger partial charge in [0.25, 0.3) is 0 Å². The number of thiophene rings is 1. The van der Waals surface area contributed by atoms with Gasteiger partial charge in [0.15, 0.2) is 15.8 Å². The third-order valence-electron chi connectivity index (χ3n) is 3.88. The molecule has 2 rings (SSSR count). The molecule has 2 N–H and O–H groups in total. The maximum atomic E-state index is 12.3. The Kier molecular flexibility index (Phi) is 10.9. The highest BCUT2D eigenvalue weighted by molar-refractivity contribution is 14.0. The van der Waals surface area contributed by atoms with Crippen molar-refractivity contribution in [1.29, 1.82) is 0 Å². The molecule has 1 atom stereocenters. The minimum Gasteiger partial charge on any atom is -0.357 e. The number of halogens is 1. The number of nitrogens with zero attached hydrogens (tertiary/aromatic N) is 1. The maximum Gasteiger partial charge on any atom is 0.191 e. The van der Waals surface area contributed by atoms with E-state index >= 15 is 0 Å². The Morgan fingerprint density at radius 3 is 2.52 bits per heavy atom. The fourth-order valence-electron chi connectivity index (χ4n) is 2.45. The molecule has 1 aromatic carbocycles. The summed E-state index contributed by atoms with van der Waals surface area (Å²) in [5.41, 5.74) is 0. The van der Waals surface area contributed by atoms with E-state index in [0.717, 1.165) is 12.5 Å². The van der Waals surface area contributed by atoms with Crippen molar-refractivity contribution in [3.63, 3.8) is 0 Å². The molecule has 0 amide bonds. The second-order valence-electron chi connectivity index (χ2n) is 6.05. The van der Waals surface area contributed by atoms with Crippen LogP contribution in [0.15, 0.2) is 57.7 Å². The number of hydrogen-bond acceptors (Lipinski definition) is 4. The SMILES string of the molecule is CCNC(=NCC(C)c1cccs1)NCCCS(=O)(=O)c1ccccc1.I. The molecule has 1 heterocycles. The molecule has 5 nitrogen and oxygen atoms in total. The monoisotopic (exact) mass is 521 g/mol. The third kappa shape index (κ3) is 8.18. The molecule has 8 heteroatoms. The first-order chi connectivity index (χ1) is 12.5. The van der Waals surface area contributed by atoms with Gasteiger partial charge < -0.3 is 10.6 Å². The molecule has 150 valence electrons. The van der Waals surface area contributed by atoms with Crippen LogP contribution in [0.1, 0.15) is 31.1 Å². The van der Waals surface area contributed by atoms with E-state index in [2.05, 4.69) is 40.1 Å². The largest absolute Gasteiger partial charge is 0.357 e. The first-order valence-electron chi connectivity index (χ1n) is 8.86. The summed E-state index contributed by atoms with van der Waals surface area (Å²) in [5, 5.41) is 8.50. The Bertz CT molecular complexity index is 779. The first-order valence-corrected chi connectivity index (χ1v) is 11.4. The standard InChI is InChI=1S/C19H27N3O2S2.HI/c1-3-20-19(22-15-16(2)18-11-7-13-25-18)21-12-8-14-26(23,24)17-9-5-4-6-10-17;/h4-7,9-11,13,16H,3,8,12,14-15H2,1-2H3,(H2,20,21,22);1H. The van der Waals surface area contributed by atoms with Crippen molar-refractivity contribution in [2.75, 3.05) is 25.4 Å². The van der Waals surface area contributed by atoms with Gasteiger partial charge in [-0.15, -0.1) is 35.3 Å². The first kappa shape index (κ1) is 23.9. The summed E-state index contributed by atoms with van der Waals surface area (Å²) in [6.45, 7) is 6.19. The predicted molar refractivity (Wildman–Crippen MR) is 125 cm³/mol. The Balaban J connectivity index is 0.00000364. The normalized spacial score (nSPS) is 12.9. The minimum atomic E-state index is -3.22. The van der Waals surface area contributed by atoms with Gasteiger partial charge in [-0.1, -0.05) is 31.2 Å². The second-order valence-corrected chi connectivity index (χ2v) is 9.14. The summed E-state index contributed by atoms with van der Waals surface area (Å²) < 4.78 is 24.6. The zero-order valence-electron chi connectivity index (χ0n) is 15.7. The lowest BCUT2D eigenvalue weighted by Crippen LogP contribution is -2.38. The molecule has 0 aliphatic carbocycles. The van der Waals surface area contributed by atoms with Gasteiger partial charge in [0.05, 0.1) is 17.2 Å². The van der Waals surface area contributed by atoms with E-state index in [9.17, 15) is 8.42 Å². The fraction of sp³-hybridized carbons (Fsp3) is 0.421. The molecule has 0 fully saturated rings. The fourth-order valence-corrected chi connectivity index (χ4v) is 4.56. The molecule has 0 spiro atoms. The predicted octanol–water partition coefficient (Wildman–Crippen LogP) is 3.89. The van der Waals surface area contributed by atoms with Gasteiger partial charge in [-0.3, -0.25) is 4.99 Å². The number of aliphatic imine (C=N–C) groups is 1. The van der Waals surface area contributed by atoms with Gasteiger partial charge in [-0.25, -0.2) is 8.42 Å². The van der Waals surface area contributed by atoms with Crippen molar-refractivity contribution in [3.05, 3.63) is 52.7 Å². The van der Waals surface area contributed by atoms with Crippen LogP contribution in [0.2, 0.25) is 0 Å². The van der Waals surface area contributed by atoms with Crippen molar-refractivity contribution >= 4 is 51.1 Å². The van der Waals surface area contributed by atoms with Crippen molar-refractivity contribution in [2.24, 2.45) is 4.99 Å². The number of guanidine groups is 1. The average molecular weight is 521 g/mol. The molecular weight excluding hydrogens is 493 g/mol. The van der Waals surface area contributed by atoms with E-state index in [4.69, 9.17) is 0 Å². The Hall–Kier alpha value is -1.13. The van der Waals surface area contributed by atoms with Gasteiger partial charge in [-0.05, 0) is 36.9 Å². The molecule has 0 saturated heterocycles. The van der Waals surface area contributed by atoms with E-state index in [-0.39, 0.29) is 29.7 Å². The molecule has 0 saturated carbocycles. The number of rotatable bonds is 9. The van der Waals surface area contributed by atoms with E-state index in [1.54, 1.807) is 35.6 Å². The van der Waals surface area contributed by atoms with Gasteiger partial charge >= 0.3 is 0 Å². The van der Waals surface area contributed by atoms with Crippen LogP contribution in [-0.2, 0) is 9.84 Å². The Morgan fingerprint density at radius 1 is 1.15 bits per heavy atom. The van der Waals surface area contributed by atoms with E-state index in [1.807, 2.05) is 13.0 Å². The molecule has 1 aromatic heterocycles. The Labute approximate surface area is 183 Å². The van der Waals surface area contributed by atoms with Crippen LogP contribution in [0.3, 0.4) is 0 Å². The highest BCUT2D eigenvalue weighted by Crippen LogP contribution is 2.20. The summed E-state index contributed by atoms with van der Waals surface area (Å²) in [5.74, 6) is 1.21. The summed E-state index contributed by atoms with van der Waals surface area (Å²) in [7, 11) is -3.22. The molecule has 27 heavy (non-hydrogen) atoms. The van der Waals surface area contributed by atoms with E-state index < -0.39 is 9.84 Å². The summed E-state index contributed by atoms with van der Waals surface area (Å²) in [6, 6.07) is 12.8. The van der Waals surface area contributed by atoms with Crippen LogP contribution < -0.4 is 10.6 Å². The zero-order chi connectivity index (χ0) is 18.8. The van der Waals surface area contributed by atoms with Gasteiger partial charge in [-0.2, -0.15) is 0 Å². The second kappa shape index (κ2) is 12.4. The highest BCUT2D eigenvalue weighted by atomic mass is 127. The Morgan fingerprint density at radius 2 is 1.89 bits per heavy atom. The number of nitrogens with one attached hydrogen (secondary N) is 2. The molecule has 0 aliphatic heterocycles. The third-order valence-corrected chi connectivity index (χ3v) is 6.80. The summed E-state index contributed by atoms with van der Waals surface area (Å²) in [6.07, 6.45) is 0.530. The molecule has 0 radical (unpaired) electrons. The van der Waals surface area contributed by atoms with Crippen LogP contribution in [-0.4, -0.2) is 39.8 Å². The zero-order valence-corrected chi connectivity index (χ0v) is 19.7. The van der Waals surface area contributed by atoms with Crippen LogP contribution in [0.4, 0.5) is 0 Å². The molecule has 0 bridgehead atoms. The molecule has 2 aromatic rings.